The van der Waals surface area contributed by atoms with Gasteiger partial charge >= 0.3 is 5.97 Å². The van der Waals surface area contributed by atoms with Gasteiger partial charge in [0.15, 0.2) is 17.3 Å². The average Bonchev–Trinajstić information content (AvgIpc) is 2.78. The lowest BCUT2D eigenvalue weighted by atomic mass is 10.1. The van der Waals surface area contributed by atoms with Crippen molar-refractivity contribution in [3.63, 3.8) is 0 Å². The summed E-state index contributed by atoms with van der Waals surface area (Å²) in [5, 5.41) is 10.00. The fourth-order valence-corrected chi connectivity index (χ4v) is 2.58. The first-order valence-electron chi connectivity index (χ1n) is 6.48. The molecule has 0 saturated carbocycles. The molecule has 1 aromatic heterocycles. The van der Waals surface area contributed by atoms with Crippen molar-refractivity contribution >= 4 is 22.7 Å². The van der Waals surface area contributed by atoms with Crippen LogP contribution in [0.1, 0.15) is 34.7 Å². The van der Waals surface area contributed by atoms with Crippen molar-refractivity contribution in [2.24, 2.45) is 0 Å². The van der Waals surface area contributed by atoms with Gasteiger partial charge in [0.1, 0.15) is 5.69 Å². The summed E-state index contributed by atoms with van der Waals surface area (Å²) in [6, 6.07) is 3.33. The molecule has 112 valence electrons. The number of benzene rings is 1. The Hall–Kier alpha value is -2.50. The summed E-state index contributed by atoms with van der Waals surface area (Å²) in [6.07, 6.45) is 0. The molecule has 2 aromatic rings. The van der Waals surface area contributed by atoms with Gasteiger partial charge in [-0.15, -0.1) is 0 Å². The highest BCUT2D eigenvalue weighted by Crippen LogP contribution is 2.36. The molecule has 1 N–H and O–H groups in total. The molecule has 1 aromatic carbocycles. The first-order chi connectivity index (χ1) is 9.96. The number of aromatic nitrogens is 1. The maximum Gasteiger partial charge on any atom is 0.353 e. The number of ether oxygens (including phenoxy) is 2. The molecule has 0 amide bonds. The van der Waals surface area contributed by atoms with Crippen LogP contribution in [-0.2, 0) is 6.54 Å². The Bertz CT molecular complexity index is 729. The van der Waals surface area contributed by atoms with Crippen molar-refractivity contribution < 1.29 is 24.2 Å². The Labute approximate surface area is 121 Å². The molecule has 21 heavy (non-hydrogen) atoms. The van der Waals surface area contributed by atoms with Crippen LogP contribution in [0.4, 0.5) is 0 Å². The quantitative estimate of drug-likeness (QED) is 0.857. The summed E-state index contributed by atoms with van der Waals surface area (Å²) in [4.78, 5) is 23.5. The highest BCUT2D eigenvalue weighted by atomic mass is 16.5. The largest absolute Gasteiger partial charge is 0.493 e. The first-order valence-corrected chi connectivity index (χ1v) is 6.48. The van der Waals surface area contributed by atoms with Crippen molar-refractivity contribution in [1.82, 2.24) is 4.57 Å². The van der Waals surface area contributed by atoms with E-state index in [2.05, 4.69) is 0 Å². The maximum atomic E-state index is 11.9. The minimum Gasteiger partial charge on any atom is -0.493 e. The second-order valence-corrected chi connectivity index (χ2v) is 4.55. The van der Waals surface area contributed by atoms with Crippen LogP contribution in [0.15, 0.2) is 12.1 Å². The second kappa shape index (κ2) is 5.47. The minimum absolute atomic E-state index is 0.00435. The van der Waals surface area contributed by atoms with Crippen LogP contribution >= 0.6 is 0 Å². The number of Topliss-reactive ketones (excluding diaryl/α,β-unsaturated/α-hetero) is 1. The molecule has 0 unspecified atom stereocenters. The van der Waals surface area contributed by atoms with Crippen molar-refractivity contribution in [2.75, 3.05) is 14.2 Å². The van der Waals surface area contributed by atoms with Crippen LogP contribution in [0, 0.1) is 0 Å². The number of aromatic carboxylic acids is 1. The zero-order valence-electron chi connectivity index (χ0n) is 12.4. The molecular formula is C15H17NO5. The lowest BCUT2D eigenvalue weighted by Crippen LogP contribution is -2.11. The summed E-state index contributed by atoms with van der Waals surface area (Å²) in [5.74, 6) is -0.477. The number of carbonyl (C=O) groups excluding carboxylic acids is 1. The number of ketones is 1. The molecule has 0 aliphatic carbocycles. The smallest absolute Gasteiger partial charge is 0.353 e. The van der Waals surface area contributed by atoms with Crippen molar-refractivity contribution in [2.45, 2.75) is 20.4 Å². The number of methoxy groups -OCH3 is 2. The number of aryl methyl sites for hydroxylation is 1. The molecule has 2 rings (SSSR count). The lowest BCUT2D eigenvalue weighted by molar-refractivity contribution is 0.0681. The monoisotopic (exact) mass is 291 g/mol. The van der Waals surface area contributed by atoms with E-state index >= 15 is 0 Å². The third-order valence-electron chi connectivity index (χ3n) is 3.44. The molecule has 0 fully saturated rings. The Morgan fingerprint density at radius 3 is 2.19 bits per heavy atom. The van der Waals surface area contributed by atoms with E-state index < -0.39 is 5.97 Å². The number of nitrogens with zero attached hydrogens (tertiary/aromatic N) is 1. The molecule has 0 atom stereocenters. The second-order valence-electron chi connectivity index (χ2n) is 4.55. The SMILES string of the molecule is CCn1c(C(=O)O)c(C(C)=O)c2cc(OC)c(OC)cc21. The maximum absolute atomic E-state index is 11.9. The Morgan fingerprint density at radius 2 is 1.76 bits per heavy atom. The van der Waals surface area contributed by atoms with Gasteiger partial charge in [-0.1, -0.05) is 0 Å². The number of hydrogen-bond donors (Lipinski definition) is 1. The first kappa shape index (κ1) is 14.9. The number of hydrogen-bond acceptors (Lipinski definition) is 4. The zero-order chi connectivity index (χ0) is 15.7. The van der Waals surface area contributed by atoms with Crippen LogP contribution in [0.25, 0.3) is 10.9 Å². The molecule has 6 nitrogen and oxygen atoms in total. The fourth-order valence-electron chi connectivity index (χ4n) is 2.58. The lowest BCUT2D eigenvalue weighted by Gasteiger charge is -2.09. The van der Waals surface area contributed by atoms with Crippen LogP contribution in [0.2, 0.25) is 0 Å². The molecule has 0 spiro atoms. The molecule has 6 heteroatoms. The topological polar surface area (TPSA) is 77.8 Å². The predicted molar refractivity (Wildman–Crippen MR) is 77.7 cm³/mol. The van der Waals surface area contributed by atoms with Crippen LogP contribution in [0.3, 0.4) is 0 Å². The standard InChI is InChI=1S/C15H17NO5/c1-5-16-10-7-12(21-4)11(20-3)6-9(10)13(8(2)17)14(16)15(18)19/h6-7H,5H2,1-4H3,(H,18,19). The van der Waals surface area contributed by atoms with Gasteiger partial charge in [0, 0.05) is 18.0 Å². The number of carbonyl (C=O) groups is 2. The van der Waals surface area contributed by atoms with E-state index in [9.17, 15) is 14.7 Å². The van der Waals surface area contributed by atoms with E-state index in [1.165, 1.54) is 21.1 Å². The van der Waals surface area contributed by atoms with Gasteiger partial charge in [-0.3, -0.25) is 4.79 Å². The van der Waals surface area contributed by atoms with E-state index in [0.717, 1.165) is 0 Å². The summed E-state index contributed by atoms with van der Waals surface area (Å²) < 4.78 is 12.1. The number of fused-ring (bicyclic) bond motifs is 1. The normalized spacial score (nSPS) is 10.7. The van der Waals surface area contributed by atoms with Crippen LogP contribution < -0.4 is 9.47 Å². The third-order valence-corrected chi connectivity index (χ3v) is 3.44. The molecular weight excluding hydrogens is 274 g/mol. The third kappa shape index (κ3) is 2.22. The zero-order valence-corrected chi connectivity index (χ0v) is 12.4. The number of rotatable bonds is 5. The summed E-state index contributed by atoms with van der Waals surface area (Å²) >= 11 is 0. The molecule has 0 radical (unpaired) electrons. The molecule has 0 bridgehead atoms. The van der Waals surface area contributed by atoms with Gasteiger partial charge in [0.05, 0.1) is 25.3 Å². The van der Waals surface area contributed by atoms with E-state index in [0.29, 0.717) is 28.9 Å². The fraction of sp³-hybridized carbons (Fsp3) is 0.333. The Balaban J connectivity index is 2.99. The van der Waals surface area contributed by atoms with Crippen molar-refractivity contribution in [3.8, 4) is 11.5 Å². The molecule has 1 heterocycles. The van der Waals surface area contributed by atoms with Crippen LogP contribution in [-0.4, -0.2) is 35.6 Å². The van der Waals surface area contributed by atoms with E-state index in [4.69, 9.17) is 9.47 Å². The van der Waals surface area contributed by atoms with E-state index in [1.54, 1.807) is 16.7 Å². The van der Waals surface area contributed by atoms with Gasteiger partial charge < -0.3 is 19.1 Å². The van der Waals surface area contributed by atoms with Crippen LogP contribution in [0.5, 0.6) is 11.5 Å². The number of carboxylic acid groups (broad SMARTS) is 1. The highest BCUT2D eigenvalue weighted by Gasteiger charge is 2.25. The molecule has 0 aliphatic rings. The van der Waals surface area contributed by atoms with E-state index in [1.807, 2.05) is 6.92 Å². The highest BCUT2D eigenvalue weighted by molar-refractivity contribution is 6.15. The van der Waals surface area contributed by atoms with Gasteiger partial charge in [-0.25, -0.2) is 4.79 Å². The average molecular weight is 291 g/mol. The molecule has 0 saturated heterocycles. The van der Waals surface area contributed by atoms with Gasteiger partial charge in [-0.05, 0) is 19.9 Å². The Morgan fingerprint density at radius 1 is 1.19 bits per heavy atom. The minimum atomic E-state index is -1.13. The van der Waals surface area contributed by atoms with Gasteiger partial charge in [-0.2, -0.15) is 0 Å². The van der Waals surface area contributed by atoms with Crippen molar-refractivity contribution in [1.29, 1.82) is 0 Å². The summed E-state index contributed by atoms with van der Waals surface area (Å²) in [5.41, 5.74) is 0.827. The van der Waals surface area contributed by atoms with Gasteiger partial charge in [0.2, 0.25) is 0 Å². The van der Waals surface area contributed by atoms with Gasteiger partial charge in [0.25, 0.3) is 0 Å². The van der Waals surface area contributed by atoms with Crippen molar-refractivity contribution in [3.05, 3.63) is 23.4 Å². The number of carboxylic acids is 1. The molecule has 0 aliphatic heterocycles. The summed E-state index contributed by atoms with van der Waals surface area (Å²) in [6.45, 7) is 3.62. The Kier molecular flexibility index (Phi) is 3.88. The van der Waals surface area contributed by atoms with E-state index in [-0.39, 0.29) is 17.0 Å². The summed E-state index contributed by atoms with van der Waals surface area (Å²) in [7, 11) is 3.00. The predicted octanol–water partition coefficient (Wildman–Crippen LogP) is 2.58.